The van der Waals surface area contributed by atoms with E-state index in [0.717, 1.165) is 11.3 Å². The zero-order valence-corrected chi connectivity index (χ0v) is 16.3. The van der Waals surface area contributed by atoms with Crippen molar-refractivity contribution >= 4 is 40.4 Å². The maximum atomic E-state index is 12.2. The quantitative estimate of drug-likeness (QED) is 0.627. The Morgan fingerprint density at radius 3 is 2.50 bits per heavy atom. The van der Waals surface area contributed by atoms with E-state index in [4.69, 9.17) is 27.9 Å². The van der Waals surface area contributed by atoms with Crippen molar-refractivity contribution in [2.24, 2.45) is 0 Å². The fourth-order valence-corrected chi connectivity index (χ4v) is 3.96. The average Bonchev–Trinajstić information content (AvgIpc) is 3.08. The van der Waals surface area contributed by atoms with Gasteiger partial charge in [-0.15, -0.1) is 11.3 Å². The number of hydrogen-bond donors (Lipinski definition) is 1. The van der Waals surface area contributed by atoms with Gasteiger partial charge < -0.3 is 10.1 Å². The van der Waals surface area contributed by atoms with Crippen LogP contribution < -0.4 is 10.1 Å². The molecule has 0 saturated carbocycles. The van der Waals surface area contributed by atoms with Gasteiger partial charge in [-0.3, -0.25) is 4.79 Å². The topological polar surface area (TPSA) is 51.2 Å². The number of nitrogens with one attached hydrogen (secondary N) is 1. The highest BCUT2D eigenvalue weighted by Gasteiger charge is 2.14. The van der Waals surface area contributed by atoms with Crippen LogP contribution in [0, 0.1) is 0 Å². The number of benzene rings is 2. The lowest BCUT2D eigenvalue weighted by molar-refractivity contribution is -0.120. The lowest BCUT2D eigenvalue weighted by Crippen LogP contribution is -2.24. The second-order valence-corrected chi connectivity index (χ2v) is 7.21. The molecule has 0 fully saturated rings. The van der Waals surface area contributed by atoms with Crippen LogP contribution in [0.15, 0.2) is 47.8 Å². The molecule has 0 saturated heterocycles. The van der Waals surface area contributed by atoms with E-state index in [1.807, 2.05) is 29.6 Å². The van der Waals surface area contributed by atoms with Crippen LogP contribution in [0.2, 0.25) is 10.0 Å². The van der Waals surface area contributed by atoms with Crippen LogP contribution in [0.1, 0.15) is 11.3 Å². The first-order valence-corrected chi connectivity index (χ1v) is 9.49. The number of carbonyl (C=O) groups excluding carboxylic acids is 1. The molecular formula is C19H16Cl2N2O2S. The summed E-state index contributed by atoms with van der Waals surface area (Å²) in [7, 11) is 1.62. The minimum atomic E-state index is -0.0945. The predicted molar refractivity (Wildman–Crippen MR) is 106 cm³/mol. The van der Waals surface area contributed by atoms with Crippen molar-refractivity contribution < 1.29 is 9.53 Å². The Morgan fingerprint density at radius 2 is 1.85 bits per heavy atom. The molecule has 1 heterocycles. The monoisotopic (exact) mass is 406 g/mol. The fourth-order valence-electron chi connectivity index (χ4n) is 2.38. The summed E-state index contributed by atoms with van der Waals surface area (Å²) < 4.78 is 5.12. The fraction of sp³-hybridized carbons (Fsp3) is 0.158. The number of ether oxygens (including phenoxy) is 1. The van der Waals surface area contributed by atoms with Gasteiger partial charge >= 0.3 is 0 Å². The number of nitrogens with zero attached hydrogens (tertiary/aromatic N) is 1. The number of rotatable bonds is 6. The number of methoxy groups -OCH3 is 1. The standard InChI is InChI=1S/C19H16Cl2N2O2S/c1-25-14-7-5-12(6-8-14)10-22-17(24)9-13-11-26-19(23-13)18-15(20)3-2-4-16(18)21/h2-8,11H,9-10H2,1H3,(H,22,24). The molecule has 0 unspecified atom stereocenters. The van der Waals surface area contributed by atoms with Gasteiger partial charge in [-0.25, -0.2) is 4.98 Å². The Kier molecular flexibility index (Phi) is 6.14. The summed E-state index contributed by atoms with van der Waals surface area (Å²) in [4.78, 5) is 16.7. The highest BCUT2D eigenvalue weighted by molar-refractivity contribution is 7.13. The van der Waals surface area contributed by atoms with Crippen molar-refractivity contribution in [1.29, 1.82) is 0 Å². The van der Waals surface area contributed by atoms with E-state index in [-0.39, 0.29) is 12.3 Å². The number of hydrogen-bond acceptors (Lipinski definition) is 4. The molecule has 1 N–H and O–H groups in total. The summed E-state index contributed by atoms with van der Waals surface area (Å²) in [6, 6.07) is 12.9. The Labute approximate surface area is 165 Å². The van der Waals surface area contributed by atoms with Gasteiger partial charge in [0.2, 0.25) is 5.91 Å². The van der Waals surface area contributed by atoms with Crippen LogP contribution in [0.25, 0.3) is 10.6 Å². The molecule has 1 aromatic heterocycles. The third kappa shape index (κ3) is 4.55. The molecule has 3 rings (SSSR count). The molecular weight excluding hydrogens is 391 g/mol. The Hall–Kier alpha value is -2.08. The summed E-state index contributed by atoms with van der Waals surface area (Å²) in [6.07, 6.45) is 0.203. The zero-order chi connectivity index (χ0) is 18.5. The molecule has 0 radical (unpaired) electrons. The smallest absolute Gasteiger partial charge is 0.226 e. The largest absolute Gasteiger partial charge is 0.497 e. The van der Waals surface area contributed by atoms with Crippen LogP contribution >= 0.6 is 34.5 Å². The normalized spacial score (nSPS) is 10.6. The van der Waals surface area contributed by atoms with Crippen molar-refractivity contribution in [1.82, 2.24) is 10.3 Å². The third-order valence-corrected chi connectivity index (χ3v) is 5.26. The molecule has 0 atom stereocenters. The molecule has 2 aromatic carbocycles. The summed E-state index contributed by atoms with van der Waals surface area (Å²) in [6.45, 7) is 0.455. The second kappa shape index (κ2) is 8.54. The van der Waals surface area contributed by atoms with Crippen molar-refractivity contribution in [3.63, 3.8) is 0 Å². The zero-order valence-electron chi connectivity index (χ0n) is 14.0. The first kappa shape index (κ1) is 18.7. The Bertz CT molecular complexity index is 890. The number of amides is 1. The number of aromatic nitrogens is 1. The average molecular weight is 407 g/mol. The summed E-state index contributed by atoms with van der Waals surface area (Å²) in [5.41, 5.74) is 2.39. The molecule has 4 nitrogen and oxygen atoms in total. The Morgan fingerprint density at radius 1 is 1.15 bits per heavy atom. The molecule has 134 valence electrons. The molecule has 0 bridgehead atoms. The minimum absolute atomic E-state index is 0.0945. The molecule has 0 spiro atoms. The molecule has 26 heavy (non-hydrogen) atoms. The van der Waals surface area contributed by atoms with E-state index in [0.29, 0.717) is 32.9 Å². The SMILES string of the molecule is COc1ccc(CNC(=O)Cc2csc(-c3c(Cl)cccc3Cl)n2)cc1. The second-order valence-electron chi connectivity index (χ2n) is 5.54. The lowest BCUT2D eigenvalue weighted by Gasteiger charge is -2.06. The first-order valence-electron chi connectivity index (χ1n) is 7.85. The lowest BCUT2D eigenvalue weighted by atomic mass is 10.2. The highest BCUT2D eigenvalue weighted by Crippen LogP contribution is 2.36. The summed E-state index contributed by atoms with van der Waals surface area (Å²) in [5.74, 6) is 0.691. The van der Waals surface area contributed by atoms with E-state index in [2.05, 4.69) is 10.3 Å². The molecule has 1 amide bonds. The first-order chi connectivity index (χ1) is 12.6. The molecule has 0 aliphatic heterocycles. The van der Waals surface area contributed by atoms with Gasteiger partial charge in [0, 0.05) is 17.5 Å². The maximum Gasteiger partial charge on any atom is 0.226 e. The molecule has 0 aliphatic rings. The number of carbonyl (C=O) groups is 1. The van der Waals surface area contributed by atoms with Crippen LogP contribution in [-0.2, 0) is 17.8 Å². The summed E-state index contributed by atoms with van der Waals surface area (Å²) >= 11 is 13.8. The van der Waals surface area contributed by atoms with Crippen LogP contribution in [0.3, 0.4) is 0 Å². The van der Waals surface area contributed by atoms with Gasteiger partial charge in [0.25, 0.3) is 0 Å². The maximum absolute atomic E-state index is 12.2. The number of thiazole rings is 1. The van der Waals surface area contributed by atoms with E-state index in [9.17, 15) is 4.79 Å². The van der Waals surface area contributed by atoms with Gasteiger partial charge in [0.15, 0.2) is 0 Å². The Balaban J connectivity index is 1.60. The van der Waals surface area contributed by atoms with Gasteiger partial charge in [-0.1, -0.05) is 41.4 Å². The van der Waals surface area contributed by atoms with Crippen LogP contribution in [-0.4, -0.2) is 18.0 Å². The summed E-state index contributed by atoms with van der Waals surface area (Å²) in [5, 5.41) is 6.53. The molecule has 7 heteroatoms. The van der Waals surface area contributed by atoms with Gasteiger partial charge in [-0.2, -0.15) is 0 Å². The van der Waals surface area contributed by atoms with E-state index >= 15 is 0 Å². The van der Waals surface area contributed by atoms with Gasteiger partial charge in [-0.05, 0) is 29.8 Å². The highest BCUT2D eigenvalue weighted by atomic mass is 35.5. The van der Waals surface area contributed by atoms with E-state index in [1.54, 1.807) is 25.3 Å². The van der Waals surface area contributed by atoms with E-state index in [1.165, 1.54) is 11.3 Å². The van der Waals surface area contributed by atoms with Crippen molar-refractivity contribution in [3.05, 3.63) is 69.1 Å². The predicted octanol–water partition coefficient (Wildman–Crippen LogP) is 4.98. The van der Waals surface area contributed by atoms with Crippen LogP contribution in [0.5, 0.6) is 5.75 Å². The third-order valence-electron chi connectivity index (χ3n) is 3.72. The van der Waals surface area contributed by atoms with Crippen molar-refractivity contribution in [3.8, 4) is 16.3 Å². The van der Waals surface area contributed by atoms with E-state index < -0.39 is 0 Å². The minimum Gasteiger partial charge on any atom is -0.497 e. The number of halogens is 2. The molecule has 3 aromatic rings. The molecule has 0 aliphatic carbocycles. The van der Waals surface area contributed by atoms with Crippen molar-refractivity contribution in [2.75, 3.05) is 7.11 Å². The van der Waals surface area contributed by atoms with Gasteiger partial charge in [0.05, 0.1) is 29.3 Å². The van der Waals surface area contributed by atoms with Gasteiger partial charge in [0.1, 0.15) is 10.8 Å². The van der Waals surface area contributed by atoms with Crippen LogP contribution in [0.4, 0.5) is 0 Å². The van der Waals surface area contributed by atoms with Crippen molar-refractivity contribution in [2.45, 2.75) is 13.0 Å².